The van der Waals surface area contributed by atoms with Gasteiger partial charge >= 0.3 is 7.12 Å². The van der Waals surface area contributed by atoms with Crippen molar-refractivity contribution in [2.45, 2.75) is 6.92 Å². The van der Waals surface area contributed by atoms with E-state index in [2.05, 4.69) is 21.1 Å². The average molecular weight is 240 g/mol. The van der Waals surface area contributed by atoms with E-state index in [4.69, 9.17) is 4.76 Å². The van der Waals surface area contributed by atoms with Gasteiger partial charge in [0.15, 0.2) is 0 Å². The molecule has 1 N–H and O–H groups in total. The van der Waals surface area contributed by atoms with E-state index in [1.165, 1.54) is 0 Å². The van der Waals surface area contributed by atoms with Crippen LogP contribution < -0.4 is 5.46 Å². The molecular formula is C8H7BBrNO2. The summed E-state index contributed by atoms with van der Waals surface area (Å²) in [5, 5.41) is 13.0. The summed E-state index contributed by atoms with van der Waals surface area (Å²) < 4.78 is 5.72. The van der Waals surface area contributed by atoms with E-state index < -0.39 is 7.12 Å². The van der Waals surface area contributed by atoms with E-state index in [1.54, 1.807) is 6.21 Å². The highest BCUT2D eigenvalue weighted by atomic mass is 79.9. The summed E-state index contributed by atoms with van der Waals surface area (Å²) in [6.45, 7) is 1.97. The molecule has 2 rings (SSSR count). The molecule has 5 heteroatoms. The number of rotatable bonds is 0. The zero-order chi connectivity index (χ0) is 9.42. The molecule has 0 unspecified atom stereocenters. The molecule has 3 nitrogen and oxygen atoms in total. The van der Waals surface area contributed by atoms with Crippen LogP contribution in [-0.4, -0.2) is 18.4 Å². The lowest BCUT2D eigenvalue weighted by Gasteiger charge is -2.15. The first-order valence-corrected chi connectivity index (χ1v) is 4.65. The number of halogens is 1. The van der Waals surface area contributed by atoms with Gasteiger partial charge < -0.3 is 9.78 Å². The van der Waals surface area contributed by atoms with Crippen LogP contribution in [0.15, 0.2) is 21.8 Å². The summed E-state index contributed by atoms with van der Waals surface area (Å²) in [4.78, 5) is 0. The third-order valence-electron chi connectivity index (χ3n) is 2.09. The highest BCUT2D eigenvalue weighted by molar-refractivity contribution is 9.10. The predicted molar refractivity (Wildman–Crippen MR) is 55.2 cm³/mol. The monoisotopic (exact) mass is 239 g/mol. The van der Waals surface area contributed by atoms with Crippen LogP contribution in [0.5, 0.6) is 0 Å². The first-order chi connectivity index (χ1) is 6.20. The average Bonchev–Trinajstić information content (AvgIpc) is 2.12. The lowest BCUT2D eigenvalue weighted by atomic mass is 9.75. The Balaban J connectivity index is 2.65. The minimum Gasteiger partial charge on any atom is -0.427 e. The van der Waals surface area contributed by atoms with E-state index >= 15 is 0 Å². The molecule has 0 fully saturated rings. The SMILES string of the molecule is Cc1c(Br)ccc2c1C=NOB2O. The molecule has 0 saturated carbocycles. The van der Waals surface area contributed by atoms with Crippen LogP contribution in [0.4, 0.5) is 0 Å². The second-order valence-electron chi connectivity index (χ2n) is 2.87. The summed E-state index contributed by atoms with van der Waals surface area (Å²) in [7, 11) is -0.938. The fourth-order valence-corrected chi connectivity index (χ4v) is 1.65. The highest BCUT2D eigenvalue weighted by Crippen LogP contribution is 2.18. The molecule has 0 aromatic heterocycles. The molecule has 66 valence electrons. The van der Waals surface area contributed by atoms with Gasteiger partial charge in [-0.25, -0.2) is 0 Å². The molecule has 1 aliphatic rings. The van der Waals surface area contributed by atoms with E-state index in [9.17, 15) is 5.02 Å². The molecule has 1 aromatic carbocycles. The molecule has 1 aliphatic heterocycles. The molecular weight excluding hydrogens is 233 g/mol. The van der Waals surface area contributed by atoms with Crippen LogP contribution >= 0.6 is 15.9 Å². The van der Waals surface area contributed by atoms with Gasteiger partial charge in [-0.3, -0.25) is 0 Å². The lowest BCUT2D eigenvalue weighted by molar-refractivity contribution is 0.286. The van der Waals surface area contributed by atoms with Crippen LogP contribution in [0.25, 0.3) is 0 Å². The lowest BCUT2D eigenvalue weighted by Crippen LogP contribution is -2.38. The molecule has 0 saturated heterocycles. The number of nitrogens with zero attached hydrogens (tertiary/aromatic N) is 1. The van der Waals surface area contributed by atoms with E-state index in [-0.39, 0.29) is 0 Å². The number of hydrogen-bond donors (Lipinski definition) is 1. The Labute approximate surface area is 84.7 Å². The molecule has 0 radical (unpaired) electrons. The first-order valence-electron chi connectivity index (χ1n) is 3.86. The second kappa shape index (κ2) is 3.16. The fourth-order valence-electron chi connectivity index (χ4n) is 1.31. The number of oxime groups is 1. The Morgan fingerprint density at radius 1 is 1.54 bits per heavy atom. The van der Waals surface area contributed by atoms with Gasteiger partial charge in [-0.15, -0.1) is 5.16 Å². The van der Waals surface area contributed by atoms with Crippen LogP contribution in [0, 0.1) is 6.92 Å². The number of hydrogen-bond acceptors (Lipinski definition) is 3. The van der Waals surface area contributed by atoms with Crippen molar-refractivity contribution < 1.29 is 9.78 Å². The van der Waals surface area contributed by atoms with Crippen molar-refractivity contribution in [1.29, 1.82) is 0 Å². The van der Waals surface area contributed by atoms with Crippen LogP contribution in [0.3, 0.4) is 0 Å². The van der Waals surface area contributed by atoms with Crippen molar-refractivity contribution in [2.75, 3.05) is 0 Å². The fraction of sp³-hybridized carbons (Fsp3) is 0.125. The number of fused-ring (bicyclic) bond motifs is 1. The number of benzene rings is 1. The Morgan fingerprint density at radius 2 is 2.31 bits per heavy atom. The minimum absolute atomic E-state index is 0.760. The standard InChI is InChI=1S/C8H7BBrNO2/c1-5-6-4-11-13-9(12)7(6)2-3-8(5)10/h2-4,12H,1H3. The predicted octanol–water partition coefficient (Wildman–Crippen LogP) is 0.809. The summed E-state index contributed by atoms with van der Waals surface area (Å²) >= 11 is 3.41. The largest absolute Gasteiger partial charge is 0.583 e. The van der Waals surface area contributed by atoms with Gasteiger partial charge in [-0.2, -0.15) is 0 Å². The third kappa shape index (κ3) is 1.38. The van der Waals surface area contributed by atoms with Crippen molar-refractivity contribution in [3.8, 4) is 0 Å². The van der Waals surface area contributed by atoms with Crippen LogP contribution in [0.2, 0.25) is 0 Å². The van der Waals surface area contributed by atoms with Crippen molar-refractivity contribution in [3.05, 3.63) is 27.7 Å². The Bertz CT molecular complexity index is 381. The molecule has 0 aliphatic carbocycles. The van der Waals surface area contributed by atoms with Gasteiger partial charge in [-0.1, -0.05) is 22.0 Å². The Hall–Kier alpha value is -0.805. The van der Waals surface area contributed by atoms with Crippen molar-refractivity contribution in [3.63, 3.8) is 0 Å². The summed E-state index contributed by atoms with van der Waals surface area (Å²) in [6.07, 6.45) is 1.61. The smallest absolute Gasteiger partial charge is 0.427 e. The van der Waals surface area contributed by atoms with Crippen LogP contribution in [0.1, 0.15) is 11.1 Å². The van der Waals surface area contributed by atoms with E-state index in [0.717, 1.165) is 21.1 Å². The normalized spacial score (nSPS) is 13.9. The second-order valence-corrected chi connectivity index (χ2v) is 3.72. The van der Waals surface area contributed by atoms with Gasteiger partial charge in [0.25, 0.3) is 0 Å². The summed E-state index contributed by atoms with van der Waals surface area (Å²) in [6, 6.07) is 3.71. The topological polar surface area (TPSA) is 41.8 Å². The Morgan fingerprint density at radius 3 is 3.08 bits per heavy atom. The minimum atomic E-state index is -0.938. The Kier molecular flexibility index (Phi) is 2.13. The maximum Gasteiger partial charge on any atom is 0.583 e. The van der Waals surface area contributed by atoms with Gasteiger partial charge in [0, 0.05) is 15.5 Å². The third-order valence-corrected chi connectivity index (χ3v) is 2.95. The van der Waals surface area contributed by atoms with Gasteiger partial charge in [0.1, 0.15) is 0 Å². The molecule has 0 atom stereocenters. The van der Waals surface area contributed by atoms with E-state index in [1.807, 2.05) is 19.1 Å². The molecule has 1 aromatic rings. The van der Waals surface area contributed by atoms with E-state index in [0.29, 0.717) is 0 Å². The zero-order valence-electron chi connectivity index (χ0n) is 6.99. The molecule has 0 bridgehead atoms. The van der Waals surface area contributed by atoms with Gasteiger partial charge in [0.05, 0.1) is 6.21 Å². The molecule has 1 heterocycles. The van der Waals surface area contributed by atoms with Crippen molar-refractivity contribution in [2.24, 2.45) is 5.16 Å². The van der Waals surface area contributed by atoms with Crippen molar-refractivity contribution in [1.82, 2.24) is 0 Å². The first kappa shape index (κ1) is 8.78. The summed E-state index contributed by atoms with van der Waals surface area (Å²) in [5.41, 5.74) is 2.74. The van der Waals surface area contributed by atoms with Crippen LogP contribution in [-0.2, 0) is 4.76 Å². The molecule has 0 amide bonds. The van der Waals surface area contributed by atoms with Gasteiger partial charge in [-0.05, 0) is 18.6 Å². The molecule has 13 heavy (non-hydrogen) atoms. The zero-order valence-corrected chi connectivity index (χ0v) is 8.58. The highest BCUT2D eigenvalue weighted by Gasteiger charge is 2.26. The van der Waals surface area contributed by atoms with Gasteiger partial charge in [0.2, 0.25) is 0 Å². The summed E-state index contributed by atoms with van der Waals surface area (Å²) in [5.74, 6) is 0. The quantitative estimate of drug-likeness (QED) is 0.681. The maximum absolute atomic E-state index is 9.43. The maximum atomic E-state index is 9.43. The molecule has 0 spiro atoms. The van der Waals surface area contributed by atoms with Crippen molar-refractivity contribution >= 4 is 34.7 Å².